The third-order valence-electron chi connectivity index (χ3n) is 3.51. The van der Waals surface area contributed by atoms with Crippen LogP contribution in [0.2, 0.25) is 0 Å². The minimum Gasteiger partial charge on any atom is -0.508 e. The number of aliphatic hydroxyl groups is 1. The number of hydrogen-bond acceptors (Lipinski definition) is 3. The molecule has 2 N–H and O–H groups in total. The van der Waals surface area contributed by atoms with Crippen LogP contribution in [0.3, 0.4) is 0 Å². The van der Waals surface area contributed by atoms with Gasteiger partial charge in [0.05, 0.1) is 11.6 Å². The molecule has 0 saturated heterocycles. The van der Waals surface area contributed by atoms with E-state index in [1.807, 2.05) is 26.0 Å². The fourth-order valence-corrected chi connectivity index (χ4v) is 2.70. The lowest BCUT2D eigenvalue weighted by Crippen LogP contribution is -2.50. The smallest absolute Gasteiger partial charge is 0.120 e. The number of phenols is 1. The summed E-state index contributed by atoms with van der Waals surface area (Å²) in [6.07, 6.45) is 0.698. The predicted molar refractivity (Wildman–Crippen MR) is 69.5 cm³/mol. The molecule has 0 radical (unpaired) electrons. The fourth-order valence-electron chi connectivity index (χ4n) is 2.70. The standard InChI is InChI=1S/C14H21NO2/c1-9(2)15-11-6-5-7-12(16)10(11)8-13(15)14(3,4)17/h5-7,9,13,16-17H,8H2,1-4H3. The highest BCUT2D eigenvalue weighted by Gasteiger charge is 2.40. The summed E-state index contributed by atoms with van der Waals surface area (Å²) in [5.74, 6) is 0.333. The second-order valence-corrected chi connectivity index (χ2v) is 5.65. The van der Waals surface area contributed by atoms with E-state index in [0.29, 0.717) is 18.2 Å². The third kappa shape index (κ3) is 2.00. The number of aromatic hydroxyl groups is 1. The van der Waals surface area contributed by atoms with Gasteiger partial charge in [-0.2, -0.15) is 0 Å². The first-order chi connectivity index (χ1) is 7.82. The van der Waals surface area contributed by atoms with E-state index in [9.17, 15) is 10.2 Å². The molecular formula is C14H21NO2. The Bertz CT molecular complexity index is 421. The molecule has 0 amide bonds. The van der Waals surface area contributed by atoms with Crippen LogP contribution in [0.4, 0.5) is 5.69 Å². The maximum absolute atomic E-state index is 10.3. The SMILES string of the molecule is CC(C)N1c2cccc(O)c2CC1C(C)(C)O. The summed E-state index contributed by atoms with van der Waals surface area (Å²) in [6, 6.07) is 5.90. The zero-order valence-corrected chi connectivity index (χ0v) is 10.9. The van der Waals surface area contributed by atoms with Gasteiger partial charge in [0.1, 0.15) is 5.75 Å². The van der Waals surface area contributed by atoms with E-state index in [-0.39, 0.29) is 6.04 Å². The number of phenolic OH excluding ortho intramolecular Hbond substituents is 1. The predicted octanol–water partition coefficient (Wildman–Crippen LogP) is 2.30. The van der Waals surface area contributed by atoms with Gasteiger partial charge in [-0.05, 0) is 39.8 Å². The number of nitrogens with zero attached hydrogens (tertiary/aromatic N) is 1. The molecule has 1 atom stereocenters. The molecule has 1 heterocycles. The van der Waals surface area contributed by atoms with Crippen LogP contribution in [0.1, 0.15) is 33.3 Å². The molecule has 0 spiro atoms. The molecule has 0 saturated carbocycles. The second-order valence-electron chi connectivity index (χ2n) is 5.65. The molecule has 0 aliphatic carbocycles. The Morgan fingerprint density at radius 1 is 1.35 bits per heavy atom. The van der Waals surface area contributed by atoms with Gasteiger partial charge in [-0.3, -0.25) is 0 Å². The molecule has 3 nitrogen and oxygen atoms in total. The van der Waals surface area contributed by atoms with Gasteiger partial charge in [0, 0.05) is 23.7 Å². The quantitative estimate of drug-likeness (QED) is 0.826. The van der Waals surface area contributed by atoms with Crippen molar-refractivity contribution in [2.24, 2.45) is 0 Å². The molecule has 94 valence electrons. The molecule has 1 unspecified atom stereocenters. The van der Waals surface area contributed by atoms with Gasteiger partial charge in [0.2, 0.25) is 0 Å². The lowest BCUT2D eigenvalue weighted by atomic mass is 9.94. The van der Waals surface area contributed by atoms with Crippen LogP contribution in [0, 0.1) is 0 Å². The summed E-state index contributed by atoms with van der Waals surface area (Å²) in [5.41, 5.74) is 1.22. The van der Waals surface area contributed by atoms with Crippen LogP contribution >= 0.6 is 0 Å². The molecule has 0 aromatic heterocycles. The monoisotopic (exact) mass is 235 g/mol. The number of fused-ring (bicyclic) bond motifs is 1. The molecule has 1 aromatic carbocycles. The average Bonchev–Trinajstić information content (AvgIpc) is 2.57. The Morgan fingerprint density at radius 2 is 2.00 bits per heavy atom. The first-order valence-electron chi connectivity index (χ1n) is 6.14. The van der Waals surface area contributed by atoms with Crippen molar-refractivity contribution in [1.82, 2.24) is 0 Å². The molecule has 1 aliphatic rings. The molecule has 1 aromatic rings. The van der Waals surface area contributed by atoms with Crippen molar-refractivity contribution in [2.75, 3.05) is 4.90 Å². The van der Waals surface area contributed by atoms with Crippen LogP contribution < -0.4 is 4.90 Å². The molecule has 2 rings (SSSR count). The van der Waals surface area contributed by atoms with Crippen molar-refractivity contribution in [3.8, 4) is 5.75 Å². The van der Waals surface area contributed by atoms with Gasteiger partial charge in [0.15, 0.2) is 0 Å². The Labute approximate surface area is 103 Å². The topological polar surface area (TPSA) is 43.7 Å². The molecule has 1 aliphatic heterocycles. The highest BCUT2D eigenvalue weighted by molar-refractivity contribution is 5.65. The summed E-state index contributed by atoms with van der Waals surface area (Å²) in [6.45, 7) is 7.88. The Balaban J connectivity index is 2.49. The maximum Gasteiger partial charge on any atom is 0.120 e. The summed E-state index contributed by atoms with van der Waals surface area (Å²) >= 11 is 0. The maximum atomic E-state index is 10.3. The van der Waals surface area contributed by atoms with Crippen molar-refractivity contribution >= 4 is 5.69 Å². The number of anilines is 1. The molecule has 0 bridgehead atoms. The van der Waals surface area contributed by atoms with E-state index in [4.69, 9.17) is 0 Å². The van der Waals surface area contributed by atoms with Gasteiger partial charge in [-0.15, -0.1) is 0 Å². The number of benzene rings is 1. The van der Waals surface area contributed by atoms with Crippen molar-refractivity contribution in [3.05, 3.63) is 23.8 Å². The van der Waals surface area contributed by atoms with Gasteiger partial charge in [0.25, 0.3) is 0 Å². The average molecular weight is 235 g/mol. The van der Waals surface area contributed by atoms with Crippen molar-refractivity contribution < 1.29 is 10.2 Å². The lowest BCUT2D eigenvalue weighted by molar-refractivity contribution is 0.0497. The van der Waals surface area contributed by atoms with E-state index >= 15 is 0 Å². The van der Waals surface area contributed by atoms with E-state index < -0.39 is 5.60 Å². The summed E-state index contributed by atoms with van der Waals surface area (Å²) in [5, 5.41) is 20.2. The second kappa shape index (κ2) is 3.91. The van der Waals surface area contributed by atoms with Gasteiger partial charge in [-0.25, -0.2) is 0 Å². The van der Waals surface area contributed by atoms with E-state index in [1.54, 1.807) is 6.07 Å². The fraction of sp³-hybridized carbons (Fsp3) is 0.571. The molecule has 3 heteroatoms. The zero-order valence-electron chi connectivity index (χ0n) is 10.9. The van der Waals surface area contributed by atoms with E-state index in [1.165, 1.54) is 0 Å². The minimum absolute atomic E-state index is 0.0193. The van der Waals surface area contributed by atoms with Crippen LogP contribution in [-0.4, -0.2) is 27.9 Å². The molecular weight excluding hydrogens is 214 g/mol. The number of rotatable bonds is 2. The highest BCUT2D eigenvalue weighted by Crippen LogP contribution is 2.41. The molecule has 17 heavy (non-hydrogen) atoms. The van der Waals surface area contributed by atoms with Crippen LogP contribution in [-0.2, 0) is 6.42 Å². The van der Waals surface area contributed by atoms with Crippen molar-refractivity contribution in [3.63, 3.8) is 0 Å². The van der Waals surface area contributed by atoms with Gasteiger partial charge in [-0.1, -0.05) is 6.07 Å². The van der Waals surface area contributed by atoms with Crippen LogP contribution in [0.25, 0.3) is 0 Å². The van der Waals surface area contributed by atoms with Crippen molar-refractivity contribution in [2.45, 2.75) is 51.8 Å². The van der Waals surface area contributed by atoms with Gasteiger partial charge >= 0.3 is 0 Å². The summed E-state index contributed by atoms with van der Waals surface area (Å²) in [7, 11) is 0. The van der Waals surface area contributed by atoms with E-state index in [0.717, 1.165) is 11.3 Å². The normalized spacial score (nSPS) is 19.9. The van der Waals surface area contributed by atoms with Crippen LogP contribution in [0.15, 0.2) is 18.2 Å². The Kier molecular flexibility index (Phi) is 2.82. The zero-order chi connectivity index (χ0) is 12.8. The summed E-state index contributed by atoms with van der Waals surface area (Å²) < 4.78 is 0. The van der Waals surface area contributed by atoms with E-state index in [2.05, 4.69) is 18.7 Å². The number of hydrogen-bond donors (Lipinski definition) is 2. The lowest BCUT2D eigenvalue weighted by Gasteiger charge is -2.38. The Morgan fingerprint density at radius 3 is 2.53 bits per heavy atom. The Hall–Kier alpha value is -1.22. The molecule has 0 fully saturated rings. The van der Waals surface area contributed by atoms with Gasteiger partial charge < -0.3 is 15.1 Å². The highest BCUT2D eigenvalue weighted by atomic mass is 16.3. The third-order valence-corrected chi connectivity index (χ3v) is 3.51. The summed E-state index contributed by atoms with van der Waals surface area (Å²) in [4.78, 5) is 2.20. The van der Waals surface area contributed by atoms with Crippen molar-refractivity contribution in [1.29, 1.82) is 0 Å². The minimum atomic E-state index is -0.782. The first-order valence-corrected chi connectivity index (χ1v) is 6.14. The van der Waals surface area contributed by atoms with Crippen LogP contribution in [0.5, 0.6) is 5.75 Å². The first kappa shape index (κ1) is 12.2. The largest absolute Gasteiger partial charge is 0.508 e.